The Morgan fingerprint density at radius 1 is 1.38 bits per heavy atom. The van der Waals surface area contributed by atoms with Crippen LogP contribution in [0.4, 0.5) is 0 Å². The van der Waals surface area contributed by atoms with Crippen molar-refractivity contribution in [3.8, 4) is 0 Å². The number of hydrogen-bond acceptors (Lipinski definition) is 2. The molecule has 0 spiro atoms. The van der Waals surface area contributed by atoms with Gasteiger partial charge in [0.2, 0.25) is 5.91 Å². The third-order valence-electron chi connectivity index (χ3n) is 3.46. The van der Waals surface area contributed by atoms with E-state index in [1.807, 2.05) is 18.7 Å². The molecular formula is C13H23NO2. The lowest BCUT2D eigenvalue weighted by Crippen LogP contribution is -2.29. The van der Waals surface area contributed by atoms with Crippen LogP contribution in [-0.2, 0) is 9.59 Å². The Kier molecular flexibility index (Phi) is 4.51. The van der Waals surface area contributed by atoms with Crippen LogP contribution in [0.15, 0.2) is 0 Å². The average Bonchev–Trinajstić information content (AvgIpc) is 2.56. The Balaban J connectivity index is 2.39. The molecule has 1 amide bonds. The number of Topliss-reactive ketones (excluding diaryl/α,β-unsaturated/α-hetero) is 1. The topological polar surface area (TPSA) is 37.4 Å². The molecule has 0 aliphatic carbocycles. The predicted octanol–water partition coefficient (Wildman–Crippen LogP) is 2.11. The van der Waals surface area contributed by atoms with Crippen molar-refractivity contribution in [2.24, 2.45) is 17.8 Å². The number of hydrogen-bond donors (Lipinski definition) is 0. The first-order valence-electron chi connectivity index (χ1n) is 6.22. The minimum Gasteiger partial charge on any atom is -0.342 e. The first-order chi connectivity index (χ1) is 7.41. The Bertz CT molecular complexity index is 271. The molecule has 0 aromatic heterocycles. The summed E-state index contributed by atoms with van der Waals surface area (Å²) in [6, 6.07) is 0. The van der Waals surface area contributed by atoms with E-state index in [-0.39, 0.29) is 17.6 Å². The molecule has 0 aromatic rings. The molecule has 3 heteroatoms. The van der Waals surface area contributed by atoms with E-state index >= 15 is 0 Å². The van der Waals surface area contributed by atoms with Gasteiger partial charge in [-0.15, -0.1) is 0 Å². The molecule has 0 aromatic carbocycles. The maximum Gasteiger partial charge on any atom is 0.222 e. The van der Waals surface area contributed by atoms with Crippen molar-refractivity contribution in [1.29, 1.82) is 0 Å². The zero-order valence-corrected chi connectivity index (χ0v) is 10.8. The number of carbonyl (C=O) groups is 2. The van der Waals surface area contributed by atoms with Gasteiger partial charge in [-0.25, -0.2) is 0 Å². The van der Waals surface area contributed by atoms with Gasteiger partial charge in [-0.1, -0.05) is 27.7 Å². The summed E-state index contributed by atoms with van der Waals surface area (Å²) in [4.78, 5) is 25.0. The van der Waals surface area contributed by atoms with Gasteiger partial charge >= 0.3 is 0 Å². The minimum atomic E-state index is 0.0820. The molecule has 1 fully saturated rings. The normalized spacial score (nSPS) is 21.2. The standard InChI is InChI=1S/C13H23NO2/c1-9(2)11-7-13(16)14(8-11)6-5-12(15)10(3)4/h9-11H,5-8H2,1-4H3. The second-order valence-corrected chi connectivity index (χ2v) is 5.42. The Labute approximate surface area is 98.2 Å². The molecule has 1 unspecified atom stereocenters. The van der Waals surface area contributed by atoms with Crippen LogP contribution in [0.1, 0.15) is 40.5 Å². The molecule has 92 valence electrons. The van der Waals surface area contributed by atoms with Gasteiger partial charge in [-0.05, 0) is 11.8 Å². The second kappa shape index (κ2) is 5.46. The summed E-state index contributed by atoms with van der Waals surface area (Å²) < 4.78 is 0. The summed E-state index contributed by atoms with van der Waals surface area (Å²) in [6.45, 7) is 9.57. The maximum absolute atomic E-state index is 11.7. The molecular weight excluding hydrogens is 202 g/mol. The van der Waals surface area contributed by atoms with Crippen LogP contribution in [-0.4, -0.2) is 29.7 Å². The molecule has 0 bridgehead atoms. The second-order valence-electron chi connectivity index (χ2n) is 5.42. The molecule has 1 saturated heterocycles. The van der Waals surface area contributed by atoms with E-state index in [0.717, 1.165) is 6.54 Å². The SMILES string of the molecule is CC(C)C(=O)CCN1CC(C(C)C)CC1=O. The fraction of sp³-hybridized carbons (Fsp3) is 0.846. The molecule has 1 atom stereocenters. The number of amides is 1. The van der Waals surface area contributed by atoms with Gasteiger partial charge in [-0.2, -0.15) is 0 Å². The summed E-state index contributed by atoms with van der Waals surface area (Å²) in [7, 11) is 0. The first-order valence-corrected chi connectivity index (χ1v) is 6.22. The zero-order valence-electron chi connectivity index (χ0n) is 10.8. The highest BCUT2D eigenvalue weighted by Gasteiger charge is 2.31. The van der Waals surface area contributed by atoms with Gasteiger partial charge in [0.1, 0.15) is 5.78 Å². The van der Waals surface area contributed by atoms with Crippen molar-refractivity contribution in [3.05, 3.63) is 0 Å². The van der Waals surface area contributed by atoms with Crippen molar-refractivity contribution in [2.75, 3.05) is 13.1 Å². The van der Waals surface area contributed by atoms with Crippen LogP contribution < -0.4 is 0 Å². The van der Waals surface area contributed by atoms with Crippen molar-refractivity contribution < 1.29 is 9.59 Å². The molecule has 1 heterocycles. The summed E-state index contributed by atoms with van der Waals surface area (Å²) in [6.07, 6.45) is 1.17. The largest absolute Gasteiger partial charge is 0.342 e. The lowest BCUT2D eigenvalue weighted by Gasteiger charge is -2.18. The fourth-order valence-corrected chi connectivity index (χ4v) is 2.00. The van der Waals surface area contributed by atoms with Gasteiger partial charge in [0.15, 0.2) is 0 Å². The van der Waals surface area contributed by atoms with Gasteiger partial charge in [0.25, 0.3) is 0 Å². The number of nitrogens with zero attached hydrogens (tertiary/aromatic N) is 1. The predicted molar refractivity (Wildman–Crippen MR) is 64.0 cm³/mol. The van der Waals surface area contributed by atoms with Gasteiger partial charge < -0.3 is 4.90 Å². The first kappa shape index (κ1) is 13.2. The molecule has 0 saturated carbocycles. The van der Waals surface area contributed by atoms with E-state index in [9.17, 15) is 9.59 Å². The molecule has 16 heavy (non-hydrogen) atoms. The van der Waals surface area contributed by atoms with Crippen molar-refractivity contribution in [3.63, 3.8) is 0 Å². The Morgan fingerprint density at radius 2 is 2.00 bits per heavy atom. The molecule has 1 rings (SSSR count). The number of rotatable bonds is 5. The highest BCUT2D eigenvalue weighted by Crippen LogP contribution is 2.24. The lowest BCUT2D eigenvalue weighted by molar-refractivity contribution is -0.128. The van der Waals surface area contributed by atoms with Crippen molar-refractivity contribution in [1.82, 2.24) is 4.90 Å². The van der Waals surface area contributed by atoms with E-state index in [0.29, 0.717) is 31.2 Å². The number of ketones is 1. The van der Waals surface area contributed by atoms with Crippen molar-refractivity contribution >= 4 is 11.7 Å². The van der Waals surface area contributed by atoms with Crippen LogP contribution in [0.3, 0.4) is 0 Å². The summed E-state index contributed by atoms with van der Waals surface area (Å²) in [5.74, 6) is 1.58. The van der Waals surface area contributed by atoms with E-state index < -0.39 is 0 Å². The van der Waals surface area contributed by atoms with Gasteiger partial charge in [0.05, 0.1) is 0 Å². The summed E-state index contributed by atoms with van der Waals surface area (Å²) in [5.41, 5.74) is 0. The number of carbonyl (C=O) groups excluding carboxylic acids is 2. The van der Waals surface area contributed by atoms with E-state index in [2.05, 4.69) is 13.8 Å². The molecule has 1 aliphatic rings. The summed E-state index contributed by atoms with van der Waals surface area (Å²) >= 11 is 0. The van der Waals surface area contributed by atoms with E-state index in [4.69, 9.17) is 0 Å². The fourth-order valence-electron chi connectivity index (χ4n) is 2.00. The van der Waals surface area contributed by atoms with E-state index in [1.165, 1.54) is 0 Å². The van der Waals surface area contributed by atoms with E-state index in [1.54, 1.807) is 0 Å². The quantitative estimate of drug-likeness (QED) is 0.718. The average molecular weight is 225 g/mol. The zero-order chi connectivity index (χ0) is 12.3. The third kappa shape index (κ3) is 3.32. The van der Waals surface area contributed by atoms with Crippen LogP contribution >= 0.6 is 0 Å². The monoisotopic (exact) mass is 225 g/mol. The van der Waals surface area contributed by atoms with Crippen LogP contribution in [0.25, 0.3) is 0 Å². The molecule has 0 N–H and O–H groups in total. The van der Waals surface area contributed by atoms with Gasteiger partial charge in [0, 0.05) is 31.8 Å². The number of likely N-dealkylation sites (tertiary alicyclic amines) is 1. The minimum absolute atomic E-state index is 0.0820. The lowest BCUT2D eigenvalue weighted by atomic mass is 9.95. The molecule has 1 aliphatic heterocycles. The highest BCUT2D eigenvalue weighted by atomic mass is 16.2. The third-order valence-corrected chi connectivity index (χ3v) is 3.46. The summed E-state index contributed by atoms with van der Waals surface area (Å²) in [5, 5.41) is 0. The molecule has 0 radical (unpaired) electrons. The Morgan fingerprint density at radius 3 is 2.44 bits per heavy atom. The Hall–Kier alpha value is -0.860. The van der Waals surface area contributed by atoms with Crippen LogP contribution in [0.5, 0.6) is 0 Å². The van der Waals surface area contributed by atoms with Gasteiger partial charge in [-0.3, -0.25) is 9.59 Å². The smallest absolute Gasteiger partial charge is 0.222 e. The van der Waals surface area contributed by atoms with Crippen LogP contribution in [0, 0.1) is 17.8 Å². The van der Waals surface area contributed by atoms with Crippen molar-refractivity contribution in [2.45, 2.75) is 40.5 Å². The molecule has 3 nitrogen and oxygen atoms in total. The highest BCUT2D eigenvalue weighted by molar-refractivity contribution is 5.82. The van der Waals surface area contributed by atoms with Crippen LogP contribution in [0.2, 0.25) is 0 Å². The maximum atomic E-state index is 11.7.